The standard InChI is InChI=1S/C16H11FO3/c1-9-3-2-4-12-14(18)13(16(19)20-15(9)12)10-5-7-11(17)8-6-10/h2-8,18H,1H3. The molecule has 0 aliphatic carbocycles. The van der Waals surface area contributed by atoms with E-state index >= 15 is 0 Å². The lowest BCUT2D eigenvalue weighted by atomic mass is 10.0. The number of hydrogen-bond acceptors (Lipinski definition) is 3. The second kappa shape index (κ2) is 4.49. The first-order valence-electron chi connectivity index (χ1n) is 6.09. The van der Waals surface area contributed by atoms with Crippen molar-refractivity contribution < 1.29 is 13.9 Å². The number of aryl methyl sites for hydroxylation is 1. The van der Waals surface area contributed by atoms with Crippen LogP contribution in [0, 0.1) is 12.7 Å². The van der Waals surface area contributed by atoms with Gasteiger partial charge in [-0.15, -0.1) is 0 Å². The van der Waals surface area contributed by atoms with Crippen molar-refractivity contribution in [3.05, 3.63) is 64.3 Å². The van der Waals surface area contributed by atoms with Crippen molar-refractivity contribution in [3.8, 4) is 16.9 Å². The molecule has 0 fully saturated rings. The first-order chi connectivity index (χ1) is 9.58. The number of para-hydroxylation sites is 1. The van der Waals surface area contributed by atoms with Crippen LogP contribution in [0.15, 0.2) is 51.7 Å². The Morgan fingerprint density at radius 1 is 1.10 bits per heavy atom. The maximum atomic E-state index is 12.9. The molecule has 0 saturated heterocycles. The summed E-state index contributed by atoms with van der Waals surface area (Å²) in [5.74, 6) is -0.555. The first-order valence-corrected chi connectivity index (χ1v) is 6.09. The van der Waals surface area contributed by atoms with E-state index in [9.17, 15) is 14.3 Å². The van der Waals surface area contributed by atoms with Crippen LogP contribution < -0.4 is 5.63 Å². The lowest BCUT2D eigenvalue weighted by Gasteiger charge is -2.07. The quantitative estimate of drug-likeness (QED) is 0.687. The van der Waals surface area contributed by atoms with E-state index in [1.54, 1.807) is 25.1 Å². The van der Waals surface area contributed by atoms with Crippen molar-refractivity contribution >= 4 is 11.0 Å². The van der Waals surface area contributed by atoms with Crippen LogP contribution in [0.4, 0.5) is 4.39 Å². The zero-order valence-corrected chi connectivity index (χ0v) is 10.7. The van der Waals surface area contributed by atoms with Crippen LogP contribution in [0.25, 0.3) is 22.1 Å². The summed E-state index contributed by atoms with van der Waals surface area (Å²) in [5.41, 5.74) is 0.946. The minimum absolute atomic E-state index is 0.0445. The molecule has 0 saturated carbocycles. The molecule has 100 valence electrons. The zero-order chi connectivity index (χ0) is 14.3. The van der Waals surface area contributed by atoms with Gasteiger partial charge in [-0.2, -0.15) is 0 Å². The molecule has 0 bridgehead atoms. The predicted molar refractivity (Wildman–Crippen MR) is 74.3 cm³/mol. The zero-order valence-electron chi connectivity index (χ0n) is 10.7. The number of hydrogen-bond donors (Lipinski definition) is 1. The van der Waals surface area contributed by atoms with Crippen LogP contribution in [-0.2, 0) is 0 Å². The van der Waals surface area contributed by atoms with E-state index in [0.29, 0.717) is 16.5 Å². The summed E-state index contributed by atoms with van der Waals surface area (Å²) in [4.78, 5) is 12.1. The van der Waals surface area contributed by atoms with Crippen LogP contribution >= 0.6 is 0 Å². The molecule has 4 heteroatoms. The summed E-state index contributed by atoms with van der Waals surface area (Å²) in [6.07, 6.45) is 0. The molecule has 3 nitrogen and oxygen atoms in total. The Morgan fingerprint density at radius 2 is 1.80 bits per heavy atom. The molecular weight excluding hydrogens is 259 g/mol. The first kappa shape index (κ1) is 12.4. The number of halogens is 1. The normalized spacial score (nSPS) is 10.9. The second-order valence-corrected chi connectivity index (χ2v) is 4.57. The molecule has 0 aliphatic rings. The van der Waals surface area contributed by atoms with Crippen LogP contribution in [0.3, 0.4) is 0 Å². The molecule has 0 spiro atoms. The summed E-state index contributed by atoms with van der Waals surface area (Å²) in [5, 5.41) is 10.8. The SMILES string of the molecule is Cc1cccc2c(O)c(-c3ccc(F)cc3)c(=O)oc12. The highest BCUT2D eigenvalue weighted by molar-refractivity contribution is 5.91. The average molecular weight is 270 g/mol. The van der Waals surface area contributed by atoms with Crippen LogP contribution in [0.5, 0.6) is 5.75 Å². The minimum Gasteiger partial charge on any atom is -0.506 e. The third-order valence-electron chi connectivity index (χ3n) is 3.24. The molecule has 0 aliphatic heterocycles. The Kier molecular flexibility index (Phi) is 2.79. The highest BCUT2D eigenvalue weighted by Gasteiger charge is 2.16. The molecule has 1 heterocycles. The number of rotatable bonds is 1. The van der Waals surface area contributed by atoms with E-state index in [-0.39, 0.29) is 11.3 Å². The fourth-order valence-corrected chi connectivity index (χ4v) is 2.22. The molecule has 1 aromatic heterocycles. The van der Waals surface area contributed by atoms with Gasteiger partial charge in [-0.3, -0.25) is 0 Å². The van der Waals surface area contributed by atoms with E-state index in [1.165, 1.54) is 24.3 Å². The summed E-state index contributed by atoms with van der Waals surface area (Å²) >= 11 is 0. The van der Waals surface area contributed by atoms with Crippen molar-refractivity contribution in [1.29, 1.82) is 0 Å². The molecule has 2 aromatic carbocycles. The Balaban J connectivity index is 2.37. The Hall–Kier alpha value is -2.62. The molecule has 0 amide bonds. The van der Waals surface area contributed by atoms with Gasteiger partial charge in [0.2, 0.25) is 0 Å². The molecule has 0 radical (unpaired) electrons. The Morgan fingerprint density at radius 3 is 2.50 bits per heavy atom. The largest absolute Gasteiger partial charge is 0.506 e. The van der Waals surface area contributed by atoms with Crippen LogP contribution in [0.2, 0.25) is 0 Å². The van der Waals surface area contributed by atoms with Crippen molar-refractivity contribution in [2.24, 2.45) is 0 Å². The van der Waals surface area contributed by atoms with Gasteiger partial charge in [-0.05, 0) is 36.2 Å². The van der Waals surface area contributed by atoms with E-state index in [0.717, 1.165) is 5.56 Å². The topological polar surface area (TPSA) is 50.4 Å². The van der Waals surface area contributed by atoms with Gasteiger partial charge in [-0.1, -0.05) is 24.3 Å². The monoisotopic (exact) mass is 270 g/mol. The van der Waals surface area contributed by atoms with Gasteiger partial charge in [0.25, 0.3) is 0 Å². The van der Waals surface area contributed by atoms with Crippen molar-refractivity contribution in [2.75, 3.05) is 0 Å². The number of aromatic hydroxyl groups is 1. The average Bonchev–Trinajstić information content (AvgIpc) is 2.42. The van der Waals surface area contributed by atoms with E-state index in [4.69, 9.17) is 4.42 Å². The minimum atomic E-state index is -0.643. The van der Waals surface area contributed by atoms with Gasteiger partial charge in [0.15, 0.2) is 0 Å². The lowest BCUT2D eigenvalue weighted by molar-refractivity contribution is 0.471. The highest BCUT2D eigenvalue weighted by atomic mass is 19.1. The second-order valence-electron chi connectivity index (χ2n) is 4.57. The van der Waals surface area contributed by atoms with Gasteiger partial charge < -0.3 is 9.52 Å². The molecule has 3 aromatic rings. The third-order valence-corrected chi connectivity index (χ3v) is 3.24. The van der Waals surface area contributed by atoms with E-state index < -0.39 is 11.4 Å². The maximum absolute atomic E-state index is 12.9. The number of fused-ring (bicyclic) bond motifs is 1. The van der Waals surface area contributed by atoms with Crippen LogP contribution in [-0.4, -0.2) is 5.11 Å². The van der Waals surface area contributed by atoms with Crippen molar-refractivity contribution in [2.45, 2.75) is 6.92 Å². The molecule has 0 atom stereocenters. The van der Waals surface area contributed by atoms with Crippen molar-refractivity contribution in [1.82, 2.24) is 0 Å². The van der Waals surface area contributed by atoms with Crippen molar-refractivity contribution in [3.63, 3.8) is 0 Å². The smallest absolute Gasteiger partial charge is 0.347 e. The van der Waals surface area contributed by atoms with Gasteiger partial charge in [0.05, 0.1) is 5.39 Å². The summed E-state index contributed by atoms with van der Waals surface area (Å²) in [6, 6.07) is 10.6. The summed E-state index contributed by atoms with van der Waals surface area (Å²) in [6.45, 7) is 1.79. The summed E-state index contributed by atoms with van der Waals surface area (Å²) in [7, 11) is 0. The molecular formula is C16H11FO3. The van der Waals surface area contributed by atoms with Gasteiger partial charge in [0, 0.05) is 0 Å². The number of benzene rings is 2. The molecule has 20 heavy (non-hydrogen) atoms. The van der Waals surface area contributed by atoms with Gasteiger partial charge in [-0.25, -0.2) is 9.18 Å². The molecule has 1 N–H and O–H groups in total. The van der Waals surface area contributed by atoms with E-state index in [1.807, 2.05) is 0 Å². The predicted octanol–water partition coefficient (Wildman–Crippen LogP) is 3.61. The highest BCUT2D eigenvalue weighted by Crippen LogP contribution is 2.33. The third kappa shape index (κ3) is 1.86. The molecule has 3 rings (SSSR count). The Bertz CT molecular complexity index is 848. The Labute approximate surface area is 113 Å². The fourth-order valence-electron chi connectivity index (χ4n) is 2.22. The molecule has 0 unspecified atom stereocenters. The fraction of sp³-hybridized carbons (Fsp3) is 0.0625. The maximum Gasteiger partial charge on any atom is 0.347 e. The van der Waals surface area contributed by atoms with E-state index in [2.05, 4.69) is 0 Å². The van der Waals surface area contributed by atoms with Gasteiger partial charge >= 0.3 is 5.63 Å². The summed E-state index contributed by atoms with van der Waals surface area (Å²) < 4.78 is 18.2. The van der Waals surface area contributed by atoms with Gasteiger partial charge in [0.1, 0.15) is 22.7 Å². The van der Waals surface area contributed by atoms with Crippen LogP contribution in [0.1, 0.15) is 5.56 Å². The lowest BCUT2D eigenvalue weighted by Crippen LogP contribution is -2.04.